The van der Waals surface area contributed by atoms with Crippen LogP contribution in [0.1, 0.15) is 52.6 Å². The van der Waals surface area contributed by atoms with Gasteiger partial charge in [0, 0.05) is 17.7 Å². The number of fused-ring (bicyclic) bond motifs is 1. The number of carbonyl (C=O) groups is 2. The van der Waals surface area contributed by atoms with E-state index in [9.17, 15) is 14.0 Å². The molecule has 3 aromatic rings. The number of hydrogen-bond acceptors (Lipinski definition) is 5. The second-order valence-electron chi connectivity index (χ2n) is 8.50. The predicted molar refractivity (Wildman–Crippen MR) is 114 cm³/mol. The summed E-state index contributed by atoms with van der Waals surface area (Å²) in [6, 6.07) is 6.06. The van der Waals surface area contributed by atoms with Crippen molar-refractivity contribution in [3.63, 3.8) is 0 Å². The van der Waals surface area contributed by atoms with E-state index in [1.165, 1.54) is 23.5 Å². The van der Waals surface area contributed by atoms with E-state index in [1.54, 1.807) is 16.8 Å². The van der Waals surface area contributed by atoms with E-state index in [4.69, 9.17) is 0 Å². The molecule has 1 aliphatic carbocycles. The fraction of sp³-hybridized carbons (Fsp3) is 0.364. The standard InChI is InChI=1S/C22H23FN4O2S/c1-12-16(13(2)27(26-12)15-7-5-14(23)6-8-15)9-19(29)25-21-24-17-10-22(3,4)11-18(28)20(17)30-21/h5-8H,9-11H2,1-4H3,(H,24,25,29). The normalized spacial score (nSPS) is 15.2. The highest BCUT2D eigenvalue weighted by Crippen LogP contribution is 2.38. The highest BCUT2D eigenvalue weighted by molar-refractivity contribution is 7.17. The van der Waals surface area contributed by atoms with Crippen LogP contribution in [0.15, 0.2) is 24.3 Å². The Bertz CT molecular complexity index is 1140. The average molecular weight is 427 g/mol. The largest absolute Gasteiger partial charge is 0.302 e. The molecule has 1 amide bonds. The Kier molecular flexibility index (Phi) is 5.05. The average Bonchev–Trinajstić information content (AvgIpc) is 3.17. The highest BCUT2D eigenvalue weighted by Gasteiger charge is 2.34. The Morgan fingerprint density at radius 1 is 1.23 bits per heavy atom. The van der Waals surface area contributed by atoms with Crippen molar-refractivity contribution in [3.8, 4) is 5.69 Å². The maximum Gasteiger partial charge on any atom is 0.230 e. The van der Waals surface area contributed by atoms with Gasteiger partial charge < -0.3 is 5.32 Å². The number of nitrogens with zero attached hydrogens (tertiary/aromatic N) is 3. The number of thiazole rings is 1. The summed E-state index contributed by atoms with van der Waals surface area (Å²) in [5.41, 5.74) is 3.77. The van der Waals surface area contributed by atoms with E-state index in [2.05, 4.69) is 29.2 Å². The number of aryl methyl sites for hydroxylation is 1. The van der Waals surface area contributed by atoms with Gasteiger partial charge in [0.05, 0.1) is 28.4 Å². The van der Waals surface area contributed by atoms with E-state index in [1.807, 2.05) is 13.8 Å². The van der Waals surface area contributed by atoms with Gasteiger partial charge in [-0.25, -0.2) is 14.1 Å². The smallest absolute Gasteiger partial charge is 0.230 e. The summed E-state index contributed by atoms with van der Waals surface area (Å²) in [4.78, 5) is 30.2. The highest BCUT2D eigenvalue weighted by atomic mass is 32.1. The molecule has 2 aromatic heterocycles. The minimum atomic E-state index is -0.312. The van der Waals surface area contributed by atoms with E-state index >= 15 is 0 Å². The lowest BCUT2D eigenvalue weighted by atomic mass is 9.78. The molecule has 2 heterocycles. The van der Waals surface area contributed by atoms with Crippen molar-refractivity contribution in [1.82, 2.24) is 14.8 Å². The van der Waals surface area contributed by atoms with Crippen LogP contribution in [-0.4, -0.2) is 26.5 Å². The van der Waals surface area contributed by atoms with Crippen molar-refractivity contribution in [3.05, 3.63) is 57.6 Å². The summed E-state index contributed by atoms with van der Waals surface area (Å²) >= 11 is 1.25. The molecule has 0 spiro atoms. The summed E-state index contributed by atoms with van der Waals surface area (Å²) in [5, 5.41) is 7.80. The van der Waals surface area contributed by atoms with Crippen molar-refractivity contribution >= 4 is 28.2 Å². The number of aromatic nitrogens is 3. The van der Waals surface area contributed by atoms with Gasteiger partial charge in [-0.2, -0.15) is 5.10 Å². The van der Waals surface area contributed by atoms with Crippen molar-refractivity contribution in [2.24, 2.45) is 5.41 Å². The molecule has 156 valence electrons. The second-order valence-corrected chi connectivity index (χ2v) is 9.50. The summed E-state index contributed by atoms with van der Waals surface area (Å²) in [7, 11) is 0. The fourth-order valence-corrected chi connectivity index (χ4v) is 4.80. The Morgan fingerprint density at radius 3 is 2.63 bits per heavy atom. The maximum atomic E-state index is 13.2. The first-order valence-corrected chi connectivity index (χ1v) is 10.6. The van der Waals surface area contributed by atoms with Crippen LogP contribution in [-0.2, 0) is 17.6 Å². The molecule has 1 N–H and O–H groups in total. The summed E-state index contributed by atoms with van der Waals surface area (Å²) < 4.78 is 14.9. The first kappa shape index (κ1) is 20.4. The first-order valence-electron chi connectivity index (χ1n) is 9.77. The van der Waals surface area contributed by atoms with E-state index in [0.29, 0.717) is 16.4 Å². The Hall–Kier alpha value is -2.87. The van der Waals surface area contributed by atoms with E-state index in [0.717, 1.165) is 34.8 Å². The number of halogens is 1. The molecule has 0 unspecified atom stereocenters. The summed E-state index contributed by atoms with van der Waals surface area (Å²) in [6.45, 7) is 7.83. The molecule has 0 radical (unpaired) electrons. The third kappa shape index (κ3) is 3.92. The van der Waals surface area contributed by atoms with Gasteiger partial charge in [0.1, 0.15) is 5.82 Å². The second kappa shape index (κ2) is 7.43. The summed E-state index contributed by atoms with van der Waals surface area (Å²) in [5.74, 6) is -0.433. The van der Waals surface area contributed by atoms with Crippen LogP contribution in [0.5, 0.6) is 0 Å². The maximum absolute atomic E-state index is 13.2. The van der Waals surface area contributed by atoms with Gasteiger partial charge in [0.25, 0.3) is 0 Å². The number of nitrogens with one attached hydrogen (secondary N) is 1. The molecule has 30 heavy (non-hydrogen) atoms. The molecule has 0 saturated carbocycles. The molecular weight excluding hydrogens is 403 g/mol. The lowest BCUT2D eigenvalue weighted by Crippen LogP contribution is -2.26. The third-order valence-electron chi connectivity index (χ3n) is 5.33. The lowest BCUT2D eigenvalue weighted by Gasteiger charge is -2.26. The molecule has 8 heteroatoms. The van der Waals surface area contributed by atoms with Crippen LogP contribution in [0.4, 0.5) is 9.52 Å². The SMILES string of the molecule is Cc1nn(-c2ccc(F)cc2)c(C)c1CC(=O)Nc1nc2c(s1)C(=O)CC(C)(C)C2. The number of rotatable bonds is 4. The number of ketones is 1. The number of amides is 1. The summed E-state index contributed by atoms with van der Waals surface area (Å²) in [6.07, 6.45) is 1.36. The fourth-order valence-electron chi connectivity index (χ4n) is 3.86. The molecule has 1 aliphatic rings. The quantitative estimate of drug-likeness (QED) is 0.670. The molecule has 6 nitrogen and oxygen atoms in total. The Balaban J connectivity index is 1.52. The molecule has 0 bridgehead atoms. The van der Waals surface area contributed by atoms with Gasteiger partial charge >= 0.3 is 0 Å². The Morgan fingerprint density at radius 2 is 1.93 bits per heavy atom. The monoisotopic (exact) mass is 426 g/mol. The van der Waals surface area contributed by atoms with Gasteiger partial charge in [-0.05, 0) is 49.9 Å². The van der Waals surface area contributed by atoms with Crippen molar-refractivity contribution < 1.29 is 14.0 Å². The third-order valence-corrected chi connectivity index (χ3v) is 6.39. The zero-order chi connectivity index (χ0) is 21.6. The van der Waals surface area contributed by atoms with Crippen LogP contribution in [0.3, 0.4) is 0 Å². The van der Waals surface area contributed by atoms with Gasteiger partial charge in [-0.15, -0.1) is 0 Å². The molecule has 1 aromatic carbocycles. The van der Waals surface area contributed by atoms with Gasteiger partial charge in [0.15, 0.2) is 10.9 Å². The predicted octanol–water partition coefficient (Wildman–Crippen LogP) is 4.42. The van der Waals surface area contributed by atoms with Crippen LogP contribution in [0.25, 0.3) is 5.69 Å². The van der Waals surface area contributed by atoms with E-state index < -0.39 is 0 Å². The molecule has 4 rings (SSSR count). The minimum Gasteiger partial charge on any atom is -0.302 e. The van der Waals surface area contributed by atoms with E-state index in [-0.39, 0.29) is 29.3 Å². The number of Topliss-reactive ketones (excluding diaryl/α,β-unsaturated/α-hetero) is 1. The first-order chi connectivity index (χ1) is 14.1. The van der Waals surface area contributed by atoms with Crippen molar-refractivity contribution in [2.75, 3.05) is 5.32 Å². The Labute approximate surface area is 178 Å². The zero-order valence-electron chi connectivity index (χ0n) is 17.4. The van der Waals surface area contributed by atoms with Crippen molar-refractivity contribution in [2.45, 2.75) is 47.0 Å². The van der Waals surface area contributed by atoms with Crippen molar-refractivity contribution in [1.29, 1.82) is 0 Å². The topological polar surface area (TPSA) is 76.9 Å². The number of carbonyl (C=O) groups excluding carboxylic acids is 2. The van der Waals surface area contributed by atoms with Crippen LogP contribution in [0, 0.1) is 25.1 Å². The lowest BCUT2D eigenvalue weighted by molar-refractivity contribution is -0.115. The van der Waals surface area contributed by atoms with Crippen LogP contribution < -0.4 is 5.32 Å². The molecule has 0 aliphatic heterocycles. The molecule has 0 fully saturated rings. The van der Waals surface area contributed by atoms with Gasteiger partial charge in [-0.1, -0.05) is 25.2 Å². The van der Waals surface area contributed by atoms with Gasteiger partial charge in [0.2, 0.25) is 5.91 Å². The minimum absolute atomic E-state index is 0.0894. The molecule has 0 atom stereocenters. The number of hydrogen-bond donors (Lipinski definition) is 1. The van der Waals surface area contributed by atoms with Crippen LogP contribution >= 0.6 is 11.3 Å². The van der Waals surface area contributed by atoms with Gasteiger partial charge in [-0.3, -0.25) is 9.59 Å². The van der Waals surface area contributed by atoms with Crippen LogP contribution in [0.2, 0.25) is 0 Å². The molecule has 0 saturated heterocycles. The number of benzene rings is 1. The number of anilines is 1. The zero-order valence-corrected chi connectivity index (χ0v) is 18.2. The molecular formula is C22H23FN4O2S.